The van der Waals surface area contributed by atoms with Crippen LogP contribution in [-0.2, 0) is 6.42 Å². The van der Waals surface area contributed by atoms with E-state index in [4.69, 9.17) is 10.2 Å². The minimum atomic E-state index is -0.450. The van der Waals surface area contributed by atoms with Crippen molar-refractivity contribution in [2.24, 2.45) is 0 Å². The maximum Gasteiger partial charge on any atom is 0.225 e. The molecule has 0 amide bonds. The molecular formula is C16H14N4O3. The number of nitrogen functional groups attached to an aromatic ring is 1. The number of nitrogens with zero attached hydrogens (tertiary/aromatic N) is 2. The second-order valence-electron chi connectivity index (χ2n) is 4.92. The van der Waals surface area contributed by atoms with E-state index in [-0.39, 0.29) is 17.3 Å². The molecule has 0 unspecified atom stereocenters. The number of allylic oxidation sites excluding steroid dienone is 1. The van der Waals surface area contributed by atoms with Crippen LogP contribution in [0.3, 0.4) is 0 Å². The zero-order chi connectivity index (χ0) is 16.2. The SMILES string of the molecule is Nc1ccc(Cc2ccoc2C(=O)C=C(O)c2ncn[nH]2)cc1. The van der Waals surface area contributed by atoms with Gasteiger partial charge in [0.05, 0.1) is 6.26 Å². The highest BCUT2D eigenvalue weighted by atomic mass is 16.3. The summed E-state index contributed by atoms with van der Waals surface area (Å²) in [7, 11) is 0. The van der Waals surface area contributed by atoms with E-state index in [0.29, 0.717) is 12.1 Å². The van der Waals surface area contributed by atoms with Gasteiger partial charge in [0.15, 0.2) is 17.3 Å². The van der Waals surface area contributed by atoms with Crippen molar-refractivity contribution in [1.82, 2.24) is 15.2 Å². The number of hydrogen-bond acceptors (Lipinski definition) is 6. The number of furan rings is 1. The fourth-order valence-corrected chi connectivity index (χ4v) is 2.13. The van der Waals surface area contributed by atoms with Crippen molar-refractivity contribution in [3.05, 3.63) is 71.7 Å². The van der Waals surface area contributed by atoms with Gasteiger partial charge in [-0.25, -0.2) is 4.98 Å². The summed E-state index contributed by atoms with van der Waals surface area (Å²) in [5.41, 5.74) is 8.06. The van der Waals surface area contributed by atoms with Crippen LogP contribution in [0.5, 0.6) is 0 Å². The second-order valence-corrected chi connectivity index (χ2v) is 4.92. The van der Waals surface area contributed by atoms with Gasteiger partial charge >= 0.3 is 0 Å². The summed E-state index contributed by atoms with van der Waals surface area (Å²) in [6.07, 6.45) is 4.25. The molecule has 0 spiro atoms. The van der Waals surface area contributed by atoms with Crippen LogP contribution in [0.25, 0.3) is 5.76 Å². The second kappa shape index (κ2) is 6.18. The van der Waals surface area contributed by atoms with Crippen LogP contribution in [-0.4, -0.2) is 26.1 Å². The molecule has 2 heterocycles. The molecule has 3 aromatic rings. The fraction of sp³-hybridized carbons (Fsp3) is 0.0625. The molecule has 0 fully saturated rings. The van der Waals surface area contributed by atoms with Gasteiger partial charge in [-0.15, -0.1) is 0 Å². The van der Waals surface area contributed by atoms with E-state index in [1.54, 1.807) is 18.2 Å². The van der Waals surface area contributed by atoms with E-state index < -0.39 is 5.78 Å². The maximum atomic E-state index is 12.3. The molecule has 1 aromatic carbocycles. The Balaban J connectivity index is 1.81. The van der Waals surface area contributed by atoms with E-state index in [1.807, 2.05) is 12.1 Å². The standard InChI is InChI=1S/C16H14N4O3/c17-12-3-1-10(2-4-12)7-11-5-6-23-15(11)13(21)8-14(22)16-18-9-19-20-16/h1-6,8-9,22H,7,17H2,(H,18,19,20). The highest BCUT2D eigenvalue weighted by Crippen LogP contribution is 2.19. The first-order chi connectivity index (χ1) is 11.1. The molecule has 0 bridgehead atoms. The minimum absolute atomic E-state index is 0.116. The minimum Gasteiger partial charge on any atom is -0.504 e. The Hall–Kier alpha value is -3.35. The molecule has 0 aliphatic carbocycles. The van der Waals surface area contributed by atoms with Gasteiger partial charge in [-0.3, -0.25) is 9.89 Å². The zero-order valence-electron chi connectivity index (χ0n) is 12.1. The largest absolute Gasteiger partial charge is 0.504 e. The number of anilines is 1. The third-order valence-corrected chi connectivity index (χ3v) is 3.27. The number of ketones is 1. The van der Waals surface area contributed by atoms with E-state index in [9.17, 15) is 9.90 Å². The Labute approximate surface area is 131 Å². The van der Waals surface area contributed by atoms with Crippen LogP contribution < -0.4 is 5.73 Å². The molecule has 7 nitrogen and oxygen atoms in total. The number of carbonyl (C=O) groups is 1. The lowest BCUT2D eigenvalue weighted by Gasteiger charge is -2.02. The zero-order valence-corrected chi connectivity index (χ0v) is 12.1. The van der Waals surface area contributed by atoms with Gasteiger partial charge in [0.2, 0.25) is 5.78 Å². The highest BCUT2D eigenvalue weighted by molar-refractivity contribution is 6.06. The Morgan fingerprint density at radius 2 is 2.09 bits per heavy atom. The summed E-state index contributed by atoms with van der Waals surface area (Å²) < 4.78 is 5.26. The first kappa shape index (κ1) is 14.6. The average Bonchev–Trinajstić information content (AvgIpc) is 3.20. The molecule has 7 heteroatoms. The molecule has 0 saturated heterocycles. The van der Waals surface area contributed by atoms with E-state index in [0.717, 1.165) is 17.2 Å². The lowest BCUT2D eigenvalue weighted by Crippen LogP contribution is -2.00. The predicted molar refractivity (Wildman–Crippen MR) is 83.7 cm³/mol. The van der Waals surface area contributed by atoms with Crippen molar-refractivity contribution < 1.29 is 14.3 Å². The summed E-state index contributed by atoms with van der Waals surface area (Å²) in [6, 6.07) is 9.10. The predicted octanol–water partition coefficient (Wildman–Crippen LogP) is 2.35. The number of hydrogen-bond donors (Lipinski definition) is 3. The number of aromatic nitrogens is 3. The highest BCUT2D eigenvalue weighted by Gasteiger charge is 2.16. The first-order valence-corrected chi connectivity index (χ1v) is 6.85. The monoisotopic (exact) mass is 310 g/mol. The molecule has 4 N–H and O–H groups in total. The summed E-state index contributed by atoms with van der Waals surface area (Å²) >= 11 is 0. The van der Waals surface area contributed by atoms with Crippen molar-refractivity contribution in [3.8, 4) is 0 Å². The average molecular weight is 310 g/mol. The van der Waals surface area contributed by atoms with Crippen molar-refractivity contribution >= 4 is 17.2 Å². The van der Waals surface area contributed by atoms with E-state index in [2.05, 4.69) is 15.2 Å². The van der Waals surface area contributed by atoms with Crippen LogP contribution in [0.1, 0.15) is 27.5 Å². The first-order valence-electron chi connectivity index (χ1n) is 6.85. The molecule has 116 valence electrons. The molecule has 3 rings (SSSR count). The topological polar surface area (TPSA) is 118 Å². The number of nitrogens with one attached hydrogen (secondary N) is 1. The van der Waals surface area contributed by atoms with Gasteiger partial charge in [-0.1, -0.05) is 12.1 Å². The summed E-state index contributed by atoms with van der Waals surface area (Å²) in [4.78, 5) is 16.0. The van der Waals surface area contributed by atoms with Crippen molar-refractivity contribution in [2.45, 2.75) is 6.42 Å². The molecule has 0 aliphatic heterocycles. The Bertz CT molecular complexity index is 833. The molecule has 0 atom stereocenters. The molecule has 0 aliphatic rings. The van der Waals surface area contributed by atoms with Crippen LogP contribution in [0.2, 0.25) is 0 Å². The van der Waals surface area contributed by atoms with Crippen LogP contribution >= 0.6 is 0 Å². The van der Waals surface area contributed by atoms with E-state index >= 15 is 0 Å². The Morgan fingerprint density at radius 1 is 1.30 bits per heavy atom. The number of aliphatic hydroxyl groups excluding tert-OH is 1. The normalized spacial score (nSPS) is 11.6. The fourth-order valence-electron chi connectivity index (χ4n) is 2.13. The molecule has 0 saturated carbocycles. The molecular weight excluding hydrogens is 296 g/mol. The Morgan fingerprint density at radius 3 is 2.78 bits per heavy atom. The third-order valence-electron chi connectivity index (χ3n) is 3.27. The van der Waals surface area contributed by atoms with Gasteiger partial charge in [0.25, 0.3) is 0 Å². The van der Waals surface area contributed by atoms with Gasteiger partial charge in [-0.05, 0) is 23.8 Å². The molecule has 0 radical (unpaired) electrons. The van der Waals surface area contributed by atoms with Crippen LogP contribution in [0, 0.1) is 0 Å². The van der Waals surface area contributed by atoms with Crippen molar-refractivity contribution in [1.29, 1.82) is 0 Å². The summed E-state index contributed by atoms with van der Waals surface area (Å²) in [5.74, 6) is -0.463. The quantitative estimate of drug-likeness (QED) is 0.288. The number of aromatic amines is 1. The van der Waals surface area contributed by atoms with Crippen molar-refractivity contribution in [3.63, 3.8) is 0 Å². The number of carbonyl (C=O) groups excluding carboxylic acids is 1. The molecule has 2 aromatic heterocycles. The number of nitrogens with two attached hydrogens (primary N) is 1. The number of benzene rings is 1. The Kier molecular flexibility index (Phi) is 3.92. The van der Waals surface area contributed by atoms with Gasteiger partial charge in [0, 0.05) is 23.7 Å². The van der Waals surface area contributed by atoms with Gasteiger partial charge in [0.1, 0.15) is 6.33 Å². The number of H-pyrrole nitrogens is 1. The summed E-state index contributed by atoms with van der Waals surface area (Å²) in [6.45, 7) is 0. The number of rotatable bonds is 5. The lowest BCUT2D eigenvalue weighted by atomic mass is 10.0. The van der Waals surface area contributed by atoms with Crippen LogP contribution in [0.4, 0.5) is 5.69 Å². The van der Waals surface area contributed by atoms with Gasteiger partial charge in [-0.2, -0.15) is 5.10 Å². The van der Waals surface area contributed by atoms with Crippen molar-refractivity contribution in [2.75, 3.05) is 5.73 Å². The smallest absolute Gasteiger partial charge is 0.225 e. The van der Waals surface area contributed by atoms with E-state index in [1.165, 1.54) is 12.6 Å². The maximum absolute atomic E-state index is 12.3. The van der Waals surface area contributed by atoms with Crippen LogP contribution in [0.15, 0.2) is 53.4 Å². The molecule has 23 heavy (non-hydrogen) atoms. The third kappa shape index (κ3) is 3.29. The summed E-state index contributed by atoms with van der Waals surface area (Å²) in [5, 5.41) is 15.9. The lowest BCUT2D eigenvalue weighted by molar-refractivity contribution is 0.102. The number of aliphatic hydroxyl groups is 1. The van der Waals surface area contributed by atoms with Gasteiger partial charge < -0.3 is 15.3 Å².